The van der Waals surface area contributed by atoms with Crippen LogP contribution < -0.4 is 10.6 Å². The molecule has 1 atom stereocenters. The van der Waals surface area contributed by atoms with Crippen LogP contribution in [0.3, 0.4) is 0 Å². The third-order valence-corrected chi connectivity index (χ3v) is 6.18. The van der Waals surface area contributed by atoms with Crippen molar-refractivity contribution >= 4 is 27.2 Å². The zero-order valence-electron chi connectivity index (χ0n) is 9.94. The molecule has 2 rings (SSSR count). The molecule has 1 heterocycles. The Balaban J connectivity index is 1.72. The minimum atomic E-state index is -2.86. The van der Waals surface area contributed by atoms with Gasteiger partial charge in [0.2, 0.25) is 0 Å². The van der Waals surface area contributed by atoms with Gasteiger partial charge in [0.05, 0.1) is 11.0 Å². The summed E-state index contributed by atoms with van der Waals surface area (Å²) in [5.41, 5.74) is 0. The Morgan fingerprint density at radius 2 is 1.88 bits per heavy atom. The molecule has 0 bridgehead atoms. The number of thiocarbonyl (C=S) groups is 1. The monoisotopic (exact) mass is 276 g/mol. The summed E-state index contributed by atoms with van der Waals surface area (Å²) in [5, 5.41) is 6.67. The van der Waals surface area contributed by atoms with Crippen LogP contribution in [-0.4, -0.2) is 37.1 Å². The van der Waals surface area contributed by atoms with Crippen LogP contribution in [-0.2, 0) is 9.84 Å². The van der Waals surface area contributed by atoms with Gasteiger partial charge in [-0.25, -0.2) is 8.42 Å². The molecule has 2 N–H and O–H groups in total. The lowest BCUT2D eigenvalue weighted by atomic mass is 10.2. The Hall–Kier alpha value is -0.360. The van der Waals surface area contributed by atoms with E-state index in [1.165, 1.54) is 25.7 Å². The van der Waals surface area contributed by atoms with Crippen LogP contribution in [0.25, 0.3) is 0 Å². The lowest BCUT2D eigenvalue weighted by Gasteiger charge is -2.17. The van der Waals surface area contributed by atoms with Gasteiger partial charge in [-0.15, -0.1) is 0 Å². The molecule has 17 heavy (non-hydrogen) atoms. The second-order valence-corrected chi connectivity index (χ2v) is 7.78. The fourth-order valence-electron chi connectivity index (χ4n) is 2.60. The van der Waals surface area contributed by atoms with Crippen LogP contribution in [0.2, 0.25) is 0 Å². The maximum absolute atomic E-state index is 11.6. The van der Waals surface area contributed by atoms with Crippen LogP contribution >= 0.6 is 12.2 Å². The van der Waals surface area contributed by atoms with E-state index in [2.05, 4.69) is 10.6 Å². The maximum atomic E-state index is 11.6. The highest BCUT2D eigenvalue weighted by molar-refractivity contribution is 7.92. The van der Waals surface area contributed by atoms with Crippen molar-refractivity contribution in [3.05, 3.63) is 0 Å². The Morgan fingerprint density at radius 1 is 1.18 bits per heavy atom. The van der Waals surface area contributed by atoms with Gasteiger partial charge in [0.25, 0.3) is 0 Å². The average molecular weight is 276 g/mol. The number of nitrogens with one attached hydrogen (secondary N) is 2. The molecular formula is C11H20N2O2S2. The van der Waals surface area contributed by atoms with Crippen molar-refractivity contribution in [3.8, 4) is 0 Å². The largest absolute Gasteiger partial charge is 0.361 e. The van der Waals surface area contributed by atoms with Crippen LogP contribution in [0.4, 0.5) is 0 Å². The van der Waals surface area contributed by atoms with Crippen molar-refractivity contribution in [2.24, 2.45) is 0 Å². The molecule has 0 aromatic rings. The smallest absolute Gasteiger partial charge is 0.166 e. The Bertz CT molecular complexity index is 375. The second-order valence-electron chi connectivity index (χ2n) is 4.97. The summed E-state index contributed by atoms with van der Waals surface area (Å²) in [6, 6.07) is 0.482. The van der Waals surface area contributed by atoms with E-state index in [0.29, 0.717) is 23.5 Å². The van der Waals surface area contributed by atoms with E-state index >= 15 is 0 Å². The Kier molecular flexibility index (Phi) is 4.25. The van der Waals surface area contributed by atoms with Crippen molar-refractivity contribution in [2.75, 3.05) is 12.3 Å². The van der Waals surface area contributed by atoms with Gasteiger partial charge in [0, 0.05) is 12.6 Å². The van der Waals surface area contributed by atoms with E-state index in [1.54, 1.807) is 0 Å². The molecule has 98 valence electrons. The number of sulfone groups is 1. The molecule has 0 radical (unpaired) electrons. The normalized spacial score (nSPS) is 28.1. The van der Waals surface area contributed by atoms with E-state index in [1.807, 2.05) is 0 Å². The summed E-state index contributed by atoms with van der Waals surface area (Å²) in [6.07, 6.45) is 6.42. The van der Waals surface area contributed by atoms with Gasteiger partial charge < -0.3 is 10.6 Å². The summed E-state index contributed by atoms with van der Waals surface area (Å²) >= 11 is 5.18. The zero-order chi connectivity index (χ0) is 12.3. The first-order valence-corrected chi connectivity index (χ1v) is 8.46. The second kappa shape index (κ2) is 5.52. The number of rotatable bonds is 3. The van der Waals surface area contributed by atoms with E-state index in [-0.39, 0.29) is 5.25 Å². The average Bonchev–Trinajstić information content (AvgIpc) is 2.85. The third-order valence-electron chi connectivity index (χ3n) is 3.64. The molecule has 2 fully saturated rings. The predicted molar refractivity (Wildman–Crippen MR) is 72.8 cm³/mol. The molecule has 1 aliphatic carbocycles. The summed E-state index contributed by atoms with van der Waals surface area (Å²) < 4.78 is 23.2. The van der Waals surface area contributed by atoms with Crippen molar-refractivity contribution in [2.45, 2.75) is 49.8 Å². The molecule has 0 aromatic carbocycles. The summed E-state index contributed by atoms with van der Waals surface area (Å²) in [4.78, 5) is 0. The van der Waals surface area contributed by atoms with Crippen molar-refractivity contribution in [3.63, 3.8) is 0 Å². The molecule has 6 heteroatoms. The van der Waals surface area contributed by atoms with E-state index in [9.17, 15) is 8.42 Å². The molecule has 0 amide bonds. The van der Waals surface area contributed by atoms with Gasteiger partial charge in [-0.1, -0.05) is 12.8 Å². The highest BCUT2D eigenvalue weighted by Crippen LogP contribution is 2.19. The van der Waals surface area contributed by atoms with Crippen LogP contribution in [0.15, 0.2) is 0 Å². The molecular weight excluding hydrogens is 256 g/mol. The van der Waals surface area contributed by atoms with Gasteiger partial charge in [0.1, 0.15) is 0 Å². The first-order chi connectivity index (χ1) is 8.08. The lowest BCUT2D eigenvalue weighted by Crippen LogP contribution is -2.44. The summed E-state index contributed by atoms with van der Waals surface area (Å²) in [5.74, 6) is 0.335. The highest BCUT2D eigenvalue weighted by Gasteiger charge is 2.31. The molecule has 4 nitrogen and oxygen atoms in total. The van der Waals surface area contributed by atoms with Crippen LogP contribution in [0, 0.1) is 0 Å². The van der Waals surface area contributed by atoms with Crippen molar-refractivity contribution < 1.29 is 8.42 Å². The SMILES string of the molecule is O=S1(=O)CCCC1CNC(=S)NC1CCCC1. The van der Waals surface area contributed by atoms with Crippen molar-refractivity contribution in [1.82, 2.24) is 10.6 Å². The third kappa shape index (κ3) is 3.55. The lowest BCUT2D eigenvalue weighted by molar-refractivity contribution is 0.583. The molecule has 2 aliphatic rings. The van der Waals surface area contributed by atoms with Crippen molar-refractivity contribution in [1.29, 1.82) is 0 Å². The van der Waals surface area contributed by atoms with Crippen LogP contribution in [0.1, 0.15) is 38.5 Å². The van der Waals surface area contributed by atoms with E-state index in [4.69, 9.17) is 12.2 Å². The zero-order valence-corrected chi connectivity index (χ0v) is 11.6. The van der Waals surface area contributed by atoms with Gasteiger partial charge in [0.15, 0.2) is 14.9 Å². The highest BCUT2D eigenvalue weighted by atomic mass is 32.2. The molecule has 1 unspecified atom stereocenters. The molecule has 1 saturated heterocycles. The fourth-order valence-corrected chi connectivity index (χ4v) is 4.62. The quantitative estimate of drug-likeness (QED) is 0.752. The fraction of sp³-hybridized carbons (Fsp3) is 0.909. The standard InChI is InChI=1S/C11H20N2O2S2/c14-17(15)7-3-6-10(17)8-12-11(16)13-9-4-1-2-5-9/h9-10H,1-8H2,(H2,12,13,16). The number of hydrogen-bond acceptors (Lipinski definition) is 3. The first kappa shape index (κ1) is 13.1. The molecule has 1 aliphatic heterocycles. The van der Waals surface area contributed by atoms with Gasteiger partial charge in [-0.2, -0.15) is 0 Å². The number of hydrogen-bond donors (Lipinski definition) is 2. The van der Waals surface area contributed by atoms with E-state index in [0.717, 1.165) is 12.8 Å². The van der Waals surface area contributed by atoms with Crippen LogP contribution in [0.5, 0.6) is 0 Å². The first-order valence-electron chi connectivity index (χ1n) is 6.34. The Morgan fingerprint density at radius 3 is 2.47 bits per heavy atom. The molecule has 0 aromatic heterocycles. The molecule has 1 saturated carbocycles. The van der Waals surface area contributed by atoms with Gasteiger partial charge in [-0.05, 0) is 37.9 Å². The predicted octanol–water partition coefficient (Wildman–Crippen LogP) is 0.970. The Labute approximate surface area is 108 Å². The van der Waals surface area contributed by atoms with Gasteiger partial charge in [-0.3, -0.25) is 0 Å². The summed E-state index contributed by atoms with van der Waals surface area (Å²) in [6.45, 7) is 0.459. The summed E-state index contributed by atoms with van der Waals surface area (Å²) in [7, 11) is -2.86. The minimum absolute atomic E-state index is 0.245. The topological polar surface area (TPSA) is 58.2 Å². The van der Waals surface area contributed by atoms with E-state index < -0.39 is 9.84 Å². The maximum Gasteiger partial charge on any atom is 0.166 e. The van der Waals surface area contributed by atoms with Gasteiger partial charge >= 0.3 is 0 Å². The molecule has 0 spiro atoms. The minimum Gasteiger partial charge on any atom is -0.361 e.